The van der Waals surface area contributed by atoms with Crippen LogP contribution in [0.25, 0.3) is 11.3 Å². The van der Waals surface area contributed by atoms with Crippen LogP contribution in [-0.2, 0) is 14.9 Å². The molecule has 0 amide bonds. The number of benzene rings is 2. The molecule has 2 saturated heterocycles. The zero-order valence-electron chi connectivity index (χ0n) is 22.5. The number of likely N-dealkylation sites (tertiary alicyclic amines) is 1. The summed E-state index contributed by atoms with van der Waals surface area (Å²) in [5.74, 6) is -1.51. The first-order valence-corrected chi connectivity index (χ1v) is 14.2. The van der Waals surface area contributed by atoms with Crippen LogP contribution in [0.5, 0.6) is 0 Å². The van der Waals surface area contributed by atoms with Gasteiger partial charge in [0, 0.05) is 61.4 Å². The summed E-state index contributed by atoms with van der Waals surface area (Å²) in [5.41, 5.74) is 0.458. The Kier molecular flexibility index (Phi) is 7.40. The van der Waals surface area contributed by atoms with Crippen molar-refractivity contribution in [2.24, 2.45) is 5.41 Å². The van der Waals surface area contributed by atoms with Gasteiger partial charge in [-0.3, -0.25) is 14.5 Å². The van der Waals surface area contributed by atoms with E-state index in [1.54, 1.807) is 0 Å². The van der Waals surface area contributed by atoms with Crippen molar-refractivity contribution in [3.63, 3.8) is 0 Å². The third kappa shape index (κ3) is 5.39. The molecule has 2 aliphatic heterocycles. The fraction of sp³-hybridized carbons (Fsp3) is 0.469. The molecule has 0 atom stereocenters. The number of rotatable bonds is 10. The zero-order valence-corrected chi connectivity index (χ0v) is 22.5. The van der Waals surface area contributed by atoms with Crippen molar-refractivity contribution in [1.82, 2.24) is 10.1 Å². The molecule has 0 unspecified atom stereocenters. The molecule has 1 aromatic heterocycles. The Hall–Kier alpha value is -3.23. The lowest BCUT2D eigenvalue weighted by molar-refractivity contribution is -0.134. The Bertz CT molecular complexity index is 1370. The van der Waals surface area contributed by atoms with Crippen molar-refractivity contribution in [1.29, 1.82) is 0 Å². The molecule has 2 aromatic carbocycles. The van der Waals surface area contributed by atoms with E-state index in [4.69, 9.17) is 9.26 Å². The van der Waals surface area contributed by atoms with Crippen molar-refractivity contribution in [2.75, 3.05) is 26.3 Å². The van der Waals surface area contributed by atoms with Crippen LogP contribution in [0.1, 0.15) is 67.4 Å². The molecule has 3 aliphatic rings. The molecule has 8 heteroatoms. The number of hydrogen-bond acceptors (Lipinski definition) is 6. The Morgan fingerprint density at radius 3 is 2.35 bits per heavy atom. The topological polar surface area (TPSA) is 72.6 Å². The maximum atomic E-state index is 14.3. The van der Waals surface area contributed by atoms with E-state index in [1.807, 2.05) is 18.2 Å². The van der Waals surface area contributed by atoms with Crippen LogP contribution in [0.3, 0.4) is 0 Å². The lowest BCUT2D eigenvalue weighted by Crippen LogP contribution is -2.61. The van der Waals surface area contributed by atoms with Crippen LogP contribution >= 0.6 is 0 Å². The van der Waals surface area contributed by atoms with Crippen LogP contribution in [0.2, 0.25) is 0 Å². The fourth-order valence-corrected chi connectivity index (χ4v) is 6.83. The number of aromatic nitrogens is 1. The lowest BCUT2D eigenvalue weighted by Gasteiger charge is -2.54. The predicted octanol–water partition coefficient (Wildman–Crippen LogP) is 6.14. The molecule has 0 spiro atoms. The van der Waals surface area contributed by atoms with Gasteiger partial charge in [-0.15, -0.1) is 0 Å². The second-order valence-corrected chi connectivity index (χ2v) is 12.0. The van der Waals surface area contributed by atoms with Gasteiger partial charge in [-0.2, -0.15) is 0 Å². The summed E-state index contributed by atoms with van der Waals surface area (Å²) >= 11 is 0. The van der Waals surface area contributed by atoms with Gasteiger partial charge in [0.25, 0.3) is 0 Å². The van der Waals surface area contributed by atoms with E-state index in [-0.39, 0.29) is 40.4 Å². The van der Waals surface area contributed by atoms with Gasteiger partial charge in [-0.25, -0.2) is 8.78 Å². The number of ether oxygens (including phenoxy) is 1. The minimum absolute atomic E-state index is 0.0406. The zero-order chi connectivity index (χ0) is 27.7. The van der Waals surface area contributed by atoms with Gasteiger partial charge in [0.2, 0.25) is 0 Å². The lowest BCUT2D eigenvalue weighted by atomic mass is 9.67. The molecule has 6 rings (SSSR count). The minimum Gasteiger partial charge on any atom is -0.379 e. The first-order chi connectivity index (χ1) is 19.3. The van der Waals surface area contributed by atoms with Crippen LogP contribution in [0.15, 0.2) is 59.1 Å². The Morgan fingerprint density at radius 1 is 0.925 bits per heavy atom. The van der Waals surface area contributed by atoms with E-state index >= 15 is 0 Å². The molecule has 3 fully saturated rings. The van der Waals surface area contributed by atoms with E-state index < -0.39 is 17.0 Å². The number of nitrogens with zero attached hydrogens (tertiary/aromatic N) is 2. The molecule has 210 valence electrons. The summed E-state index contributed by atoms with van der Waals surface area (Å²) in [7, 11) is 0. The molecule has 1 saturated carbocycles. The van der Waals surface area contributed by atoms with Gasteiger partial charge in [-0.1, -0.05) is 54.8 Å². The number of carbonyl (C=O) groups excluding carboxylic acids is 2. The standard InChI is InChI=1S/C32H34F2N2O4/c33-23-11-12-26(27(34)13-23)30-14-28(35-40-30)29(38)17-31(18-36(19-31)24-9-5-2-6-10-24)15-25(37)16-32(20-39-21-32)22-7-3-1-4-8-22/h1,3-4,7-8,11-14,24H,2,5-6,9-10,15-21H2. The first kappa shape index (κ1) is 27.0. The number of halogens is 2. The highest BCUT2D eigenvalue weighted by Gasteiger charge is 2.50. The molecule has 40 heavy (non-hydrogen) atoms. The number of carbonyl (C=O) groups is 2. The quantitative estimate of drug-likeness (QED) is 0.283. The SMILES string of the molecule is O=C(CC1(CC(=O)c2cc(-c3ccc(F)cc3F)on2)CN(C2CCCCC2)C1)CC1(c2ccccc2)COC1. The van der Waals surface area contributed by atoms with Crippen LogP contribution in [0, 0.1) is 17.0 Å². The van der Waals surface area contributed by atoms with E-state index in [0.29, 0.717) is 45.2 Å². The summed E-state index contributed by atoms with van der Waals surface area (Å²) in [6, 6.07) is 15.1. The highest BCUT2D eigenvalue weighted by atomic mass is 19.1. The maximum absolute atomic E-state index is 14.3. The van der Waals surface area contributed by atoms with E-state index in [0.717, 1.165) is 30.5 Å². The van der Waals surface area contributed by atoms with Crippen LogP contribution < -0.4 is 0 Å². The molecular formula is C32H34F2N2O4. The second-order valence-electron chi connectivity index (χ2n) is 12.0. The normalized spacial score (nSPS) is 20.4. The summed E-state index contributed by atoms with van der Waals surface area (Å²) in [5, 5.41) is 3.91. The Labute approximate surface area is 232 Å². The van der Waals surface area contributed by atoms with E-state index in [9.17, 15) is 18.4 Å². The first-order valence-electron chi connectivity index (χ1n) is 14.2. The van der Waals surface area contributed by atoms with Crippen LogP contribution in [-0.4, -0.2) is 54.0 Å². The highest BCUT2D eigenvalue weighted by Crippen LogP contribution is 2.44. The summed E-state index contributed by atoms with van der Waals surface area (Å²) in [6.45, 7) is 2.43. The maximum Gasteiger partial charge on any atom is 0.185 e. The van der Waals surface area contributed by atoms with Gasteiger partial charge >= 0.3 is 0 Å². The van der Waals surface area contributed by atoms with Crippen molar-refractivity contribution < 1.29 is 27.6 Å². The number of ketones is 2. The van der Waals surface area contributed by atoms with Crippen molar-refractivity contribution in [3.05, 3.63) is 77.5 Å². The molecule has 0 radical (unpaired) electrons. The minimum atomic E-state index is -0.786. The van der Waals surface area contributed by atoms with E-state index in [2.05, 4.69) is 22.2 Å². The Morgan fingerprint density at radius 2 is 1.68 bits per heavy atom. The molecule has 3 heterocycles. The molecule has 1 aliphatic carbocycles. The van der Waals surface area contributed by atoms with Gasteiger partial charge in [0.1, 0.15) is 23.1 Å². The Balaban J connectivity index is 1.18. The molecular weight excluding hydrogens is 514 g/mol. The van der Waals surface area contributed by atoms with Gasteiger partial charge in [0.15, 0.2) is 11.5 Å². The largest absolute Gasteiger partial charge is 0.379 e. The average Bonchev–Trinajstić information content (AvgIpc) is 3.40. The van der Waals surface area contributed by atoms with Crippen LogP contribution in [0.4, 0.5) is 8.78 Å². The molecule has 0 bridgehead atoms. The number of hydrogen-bond donors (Lipinski definition) is 0. The predicted molar refractivity (Wildman–Crippen MR) is 145 cm³/mol. The third-order valence-electron chi connectivity index (χ3n) is 8.95. The molecule has 3 aromatic rings. The summed E-state index contributed by atoms with van der Waals surface area (Å²) in [4.78, 5) is 29.5. The second kappa shape index (κ2) is 11.0. The third-order valence-corrected chi connectivity index (χ3v) is 8.95. The van der Waals surface area contributed by atoms with Crippen molar-refractivity contribution in [2.45, 2.75) is 62.8 Å². The average molecular weight is 549 g/mol. The van der Waals surface area contributed by atoms with Gasteiger partial charge in [0.05, 0.1) is 18.8 Å². The van der Waals surface area contributed by atoms with Gasteiger partial charge in [-0.05, 0) is 30.5 Å². The van der Waals surface area contributed by atoms with Crippen molar-refractivity contribution >= 4 is 11.6 Å². The molecule has 6 nitrogen and oxygen atoms in total. The fourth-order valence-electron chi connectivity index (χ4n) is 6.83. The smallest absolute Gasteiger partial charge is 0.185 e. The molecule has 0 N–H and O–H groups in total. The van der Waals surface area contributed by atoms with Gasteiger partial charge < -0.3 is 9.26 Å². The summed E-state index contributed by atoms with van der Waals surface area (Å²) in [6.07, 6.45) is 6.86. The monoisotopic (exact) mass is 548 g/mol. The van der Waals surface area contributed by atoms with E-state index in [1.165, 1.54) is 31.4 Å². The highest BCUT2D eigenvalue weighted by molar-refractivity contribution is 5.96. The van der Waals surface area contributed by atoms with Crippen molar-refractivity contribution in [3.8, 4) is 11.3 Å². The number of Topliss-reactive ketones (excluding diaryl/α,β-unsaturated/α-hetero) is 2. The summed E-state index contributed by atoms with van der Waals surface area (Å²) < 4.78 is 38.4.